The SMILES string of the molecule is CC(=O)Oc1cc(CO)c2c(c1/C=C/c1ccccc1)C(=O)c1cc(O[C@H]3O[C@@H](C)[C@@H](O)C(O)(O)[C@H]3O)c(Cc3cccc(C4(O)CCCCC4)c3C=O)c(O)c1C2=O. The molecular formula is C45H44O14. The molecule has 7 rings (SSSR count). The first-order valence-electron chi connectivity index (χ1n) is 19.2. The molecule has 0 spiro atoms. The van der Waals surface area contributed by atoms with Crippen LogP contribution in [0.1, 0.15) is 122 Å². The largest absolute Gasteiger partial charge is 0.507 e. The molecule has 4 aromatic carbocycles. The van der Waals surface area contributed by atoms with E-state index in [1.807, 2.05) is 0 Å². The highest BCUT2D eigenvalue weighted by Gasteiger charge is 2.54. The van der Waals surface area contributed by atoms with Gasteiger partial charge in [0.05, 0.1) is 23.9 Å². The average molecular weight is 809 g/mol. The summed E-state index contributed by atoms with van der Waals surface area (Å²) in [6, 6.07) is 16.1. The lowest BCUT2D eigenvalue weighted by Gasteiger charge is -2.44. The zero-order valence-corrected chi connectivity index (χ0v) is 32.3. The van der Waals surface area contributed by atoms with Gasteiger partial charge in [0.15, 0.2) is 24.0 Å². The van der Waals surface area contributed by atoms with Gasteiger partial charge in [-0.2, -0.15) is 0 Å². The Morgan fingerprint density at radius 1 is 0.847 bits per heavy atom. The van der Waals surface area contributed by atoms with Crippen molar-refractivity contribution in [2.75, 3.05) is 0 Å². The summed E-state index contributed by atoms with van der Waals surface area (Å²) in [4.78, 5) is 54.6. The molecule has 4 aromatic rings. The highest BCUT2D eigenvalue weighted by atomic mass is 16.7. The van der Waals surface area contributed by atoms with E-state index in [-0.39, 0.29) is 56.9 Å². The third kappa shape index (κ3) is 7.49. The van der Waals surface area contributed by atoms with Crippen LogP contribution in [0.4, 0.5) is 0 Å². The van der Waals surface area contributed by atoms with Gasteiger partial charge < -0.3 is 50.0 Å². The van der Waals surface area contributed by atoms with E-state index in [1.165, 1.54) is 19.1 Å². The molecule has 1 saturated carbocycles. The molecule has 2 aliphatic carbocycles. The summed E-state index contributed by atoms with van der Waals surface area (Å²) < 4.78 is 17.2. The van der Waals surface area contributed by atoms with E-state index in [1.54, 1.807) is 54.6 Å². The lowest BCUT2D eigenvalue weighted by atomic mass is 9.76. The molecule has 0 unspecified atom stereocenters. The van der Waals surface area contributed by atoms with Gasteiger partial charge in [-0.15, -0.1) is 0 Å². The number of fused-ring (bicyclic) bond motifs is 2. The maximum Gasteiger partial charge on any atom is 0.308 e. The Hall–Kier alpha value is -5.58. The molecule has 14 heteroatoms. The van der Waals surface area contributed by atoms with Crippen LogP contribution < -0.4 is 9.47 Å². The highest BCUT2D eigenvalue weighted by Crippen LogP contribution is 2.46. The number of aldehydes is 1. The Morgan fingerprint density at radius 2 is 1.56 bits per heavy atom. The van der Waals surface area contributed by atoms with E-state index in [4.69, 9.17) is 14.2 Å². The van der Waals surface area contributed by atoms with Crippen molar-refractivity contribution in [3.8, 4) is 17.2 Å². The van der Waals surface area contributed by atoms with Crippen LogP contribution in [0.15, 0.2) is 60.7 Å². The Kier molecular flexibility index (Phi) is 11.4. The highest BCUT2D eigenvalue weighted by molar-refractivity contribution is 6.31. The zero-order chi connectivity index (χ0) is 42.4. The number of rotatable bonds is 10. The summed E-state index contributed by atoms with van der Waals surface area (Å²) >= 11 is 0. The topological polar surface area (TPSA) is 238 Å². The van der Waals surface area contributed by atoms with Crippen molar-refractivity contribution in [2.24, 2.45) is 0 Å². The summed E-state index contributed by atoms with van der Waals surface area (Å²) in [7, 11) is 0. The van der Waals surface area contributed by atoms with Crippen LogP contribution in [-0.2, 0) is 28.2 Å². The van der Waals surface area contributed by atoms with Crippen LogP contribution in [-0.4, -0.2) is 90.0 Å². The van der Waals surface area contributed by atoms with Gasteiger partial charge in [-0.1, -0.05) is 73.9 Å². The fourth-order valence-electron chi connectivity index (χ4n) is 8.33. The summed E-state index contributed by atoms with van der Waals surface area (Å²) in [6.45, 7) is 1.66. The number of esters is 1. The smallest absolute Gasteiger partial charge is 0.308 e. The number of hydrogen-bond donors (Lipinski definition) is 7. The van der Waals surface area contributed by atoms with Crippen molar-refractivity contribution in [1.29, 1.82) is 0 Å². The summed E-state index contributed by atoms with van der Waals surface area (Å²) in [5.74, 6) is -6.92. The van der Waals surface area contributed by atoms with Gasteiger partial charge in [-0.25, -0.2) is 0 Å². The normalized spacial score (nSPS) is 22.1. The lowest BCUT2D eigenvalue weighted by Crippen LogP contribution is -2.67. The Bertz CT molecular complexity index is 2360. The summed E-state index contributed by atoms with van der Waals surface area (Å²) in [5.41, 5.74) is -1.51. The first kappa shape index (κ1) is 41.6. The molecular weight excluding hydrogens is 764 g/mol. The number of aliphatic hydroxyl groups excluding tert-OH is 3. The summed E-state index contributed by atoms with van der Waals surface area (Å²) in [5, 5.41) is 77.0. The third-order valence-corrected chi connectivity index (χ3v) is 11.4. The number of phenolic OH excluding ortho intramolecular Hbond substituents is 1. The minimum Gasteiger partial charge on any atom is -0.507 e. The second-order valence-electron chi connectivity index (χ2n) is 15.2. The first-order chi connectivity index (χ1) is 28.1. The predicted octanol–water partition coefficient (Wildman–Crippen LogP) is 3.84. The molecule has 0 amide bonds. The average Bonchev–Trinajstić information content (AvgIpc) is 3.21. The van der Waals surface area contributed by atoms with E-state index in [0.717, 1.165) is 32.3 Å². The molecule has 3 aliphatic rings. The second-order valence-corrected chi connectivity index (χ2v) is 15.2. The van der Waals surface area contributed by atoms with Gasteiger partial charge in [0.25, 0.3) is 0 Å². The number of ketones is 2. The van der Waals surface area contributed by atoms with Crippen molar-refractivity contribution >= 4 is 36.0 Å². The summed E-state index contributed by atoms with van der Waals surface area (Å²) in [6.07, 6.45) is -0.986. The van der Waals surface area contributed by atoms with Crippen LogP contribution in [0.25, 0.3) is 12.2 Å². The maximum absolute atomic E-state index is 14.8. The number of aliphatic hydroxyl groups is 6. The van der Waals surface area contributed by atoms with Gasteiger partial charge in [0.1, 0.15) is 23.4 Å². The fourth-order valence-corrected chi connectivity index (χ4v) is 8.33. The predicted molar refractivity (Wildman–Crippen MR) is 210 cm³/mol. The van der Waals surface area contributed by atoms with Crippen LogP contribution >= 0.6 is 0 Å². The molecule has 59 heavy (non-hydrogen) atoms. The van der Waals surface area contributed by atoms with Crippen molar-refractivity contribution in [3.63, 3.8) is 0 Å². The fraction of sp³-hybridized carbons (Fsp3) is 0.333. The first-order valence-corrected chi connectivity index (χ1v) is 19.2. The monoisotopic (exact) mass is 808 g/mol. The Balaban J connectivity index is 1.44. The van der Waals surface area contributed by atoms with E-state index in [2.05, 4.69) is 0 Å². The number of hydrogen-bond acceptors (Lipinski definition) is 14. The van der Waals surface area contributed by atoms with Crippen LogP contribution in [0.3, 0.4) is 0 Å². The molecule has 308 valence electrons. The Morgan fingerprint density at radius 3 is 2.22 bits per heavy atom. The Labute approximate surface area is 338 Å². The van der Waals surface area contributed by atoms with Gasteiger partial charge >= 0.3 is 5.97 Å². The molecule has 14 nitrogen and oxygen atoms in total. The van der Waals surface area contributed by atoms with Gasteiger partial charge in [0, 0.05) is 46.7 Å². The number of aromatic hydroxyl groups is 1. The van der Waals surface area contributed by atoms with E-state index in [9.17, 15) is 54.9 Å². The quantitative estimate of drug-likeness (QED) is 0.0349. The molecule has 7 N–H and O–H groups in total. The molecule has 0 bridgehead atoms. The van der Waals surface area contributed by atoms with E-state index < -0.39 is 77.0 Å². The minimum absolute atomic E-state index is 0.0126. The van der Waals surface area contributed by atoms with E-state index >= 15 is 0 Å². The number of carbonyl (C=O) groups is 4. The number of benzene rings is 4. The molecule has 4 atom stereocenters. The van der Waals surface area contributed by atoms with Crippen LogP contribution in [0.2, 0.25) is 0 Å². The van der Waals surface area contributed by atoms with Crippen molar-refractivity contribution in [1.82, 2.24) is 0 Å². The molecule has 0 radical (unpaired) electrons. The number of ether oxygens (including phenoxy) is 3. The second kappa shape index (κ2) is 16.2. The molecule has 1 aliphatic heterocycles. The number of phenols is 1. The van der Waals surface area contributed by atoms with Gasteiger partial charge in [-0.05, 0) is 60.2 Å². The molecule has 0 aromatic heterocycles. The van der Waals surface area contributed by atoms with Gasteiger partial charge in [0.2, 0.25) is 12.1 Å². The van der Waals surface area contributed by atoms with Crippen molar-refractivity contribution in [3.05, 3.63) is 122 Å². The van der Waals surface area contributed by atoms with Gasteiger partial charge in [-0.3, -0.25) is 19.2 Å². The number of carbonyl (C=O) groups excluding carboxylic acids is 4. The third-order valence-electron chi connectivity index (χ3n) is 11.4. The molecule has 2 fully saturated rings. The zero-order valence-electron chi connectivity index (χ0n) is 32.3. The van der Waals surface area contributed by atoms with E-state index in [0.29, 0.717) is 30.3 Å². The standard InChI is InChI=1S/C45H44O14/c1-23-41(52)45(55,56)42(53)43(57-23)59-34-20-30-37(38(49)29(34)18-26-12-9-13-32(31(26)22-47)44(54)16-7-4-8-17-44)40(51)35-27(21-46)19-33(58-24(2)48)28(36(35)39(30)50)15-14-25-10-5-3-6-11-25/h3,5-6,9-15,19-20,22-23,41-43,46,49,52-56H,4,7-8,16-18,21H2,1-2H3/b15-14+/t23-,41+,42-,43+/m0/s1. The minimum atomic E-state index is -3.13. The molecule has 1 saturated heterocycles. The van der Waals surface area contributed by atoms with Crippen molar-refractivity contribution < 1.29 is 69.1 Å². The molecule has 1 heterocycles. The van der Waals surface area contributed by atoms with Crippen LogP contribution in [0, 0.1) is 0 Å². The lowest BCUT2D eigenvalue weighted by molar-refractivity contribution is -0.371. The van der Waals surface area contributed by atoms with Crippen molar-refractivity contribution in [2.45, 2.75) is 95.0 Å². The van der Waals surface area contributed by atoms with Crippen LogP contribution in [0.5, 0.6) is 17.2 Å². The maximum atomic E-state index is 14.8.